The highest BCUT2D eigenvalue weighted by atomic mass is 32.1. The van der Waals surface area contributed by atoms with Crippen LogP contribution in [0.5, 0.6) is 0 Å². The minimum Gasteiger partial charge on any atom is -0.317 e. The van der Waals surface area contributed by atoms with Gasteiger partial charge in [-0.2, -0.15) is 0 Å². The van der Waals surface area contributed by atoms with E-state index in [4.69, 9.17) is 45.1 Å². The van der Waals surface area contributed by atoms with Crippen LogP contribution in [0.1, 0.15) is 41.1 Å². The zero-order valence-corrected chi connectivity index (χ0v) is 54.5. The molecule has 0 aliphatic carbocycles. The van der Waals surface area contributed by atoms with E-state index < -0.39 is 210 Å². The van der Waals surface area contributed by atoms with Crippen molar-refractivity contribution in [1.29, 1.82) is 0 Å². The van der Waals surface area contributed by atoms with Gasteiger partial charge in [0.05, 0.1) is 97.9 Å². The third-order valence-corrected chi connectivity index (χ3v) is 21.2. The minimum absolute atomic E-state index is 0.00695. The molecule has 0 aliphatic rings. The van der Waals surface area contributed by atoms with Gasteiger partial charge in [-0.15, -0.1) is 22.7 Å². The van der Waals surface area contributed by atoms with Crippen molar-refractivity contribution in [2.24, 2.45) is 0 Å². The van der Waals surface area contributed by atoms with Gasteiger partial charge in [0.15, 0.2) is 17.5 Å². The van der Waals surface area contributed by atoms with Gasteiger partial charge in [0.25, 0.3) is 0 Å². The maximum atomic E-state index is 10.0. The Morgan fingerprint density at radius 3 is 1.04 bits per heavy atom. The maximum Gasteiger partial charge on any atom is 0.213 e. The highest BCUT2D eigenvalue weighted by molar-refractivity contribution is 7.27. The zero-order chi connectivity index (χ0) is 93.9. The van der Waals surface area contributed by atoms with Crippen LogP contribution < -0.4 is 0 Å². The van der Waals surface area contributed by atoms with E-state index in [1.54, 1.807) is 97.1 Å². The van der Waals surface area contributed by atoms with E-state index in [1.807, 2.05) is 62.2 Å². The Labute approximate surface area is 641 Å². The van der Waals surface area contributed by atoms with Crippen LogP contribution in [0.2, 0.25) is 0 Å². The quantitative estimate of drug-likeness (QED) is 0.128. The highest BCUT2D eigenvalue weighted by Crippen LogP contribution is 2.54. The lowest BCUT2D eigenvalue weighted by atomic mass is 10.0. The lowest BCUT2D eigenvalue weighted by Gasteiger charge is -2.26. The molecule has 478 valence electrons. The summed E-state index contributed by atoms with van der Waals surface area (Å²) in [5.41, 5.74) is 0.768. The fourth-order valence-corrected chi connectivity index (χ4v) is 17.0. The lowest BCUT2D eigenvalue weighted by Crippen LogP contribution is -2.12. The normalized spacial score (nSPS) is 16.0. The Kier molecular flexibility index (Phi) is 8.20. The van der Waals surface area contributed by atoms with Crippen molar-refractivity contribution in [3.63, 3.8) is 0 Å². The summed E-state index contributed by atoms with van der Waals surface area (Å²) in [6.07, 6.45) is 0. The molecule has 0 saturated carbocycles. The van der Waals surface area contributed by atoms with Gasteiger partial charge in [0.2, 0.25) is 5.69 Å². The second kappa shape index (κ2) is 23.4. The topological polar surface area (TPSA) is 57.8 Å². The Bertz CT molecular complexity index is 8760. The summed E-state index contributed by atoms with van der Waals surface area (Å²) in [7, 11) is 0. The fraction of sp³-hybridized carbons (Fsp3) is 0. The molecule has 0 aliphatic heterocycles. The first-order chi connectivity index (χ1) is 63.5. The number of nitrogens with zero attached hydrogens (tertiary/aromatic N) is 7. The summed E-state index contributed by atoms with van der Waals surface area (Å²) in [6.45, 7) is 10.0. The Hall–Kier alpha value is -13.4. The molecule has 0 spiro atoms. The smallest absolute Gasteiger partial charge is 0.213 e. The number of hydrogen-bond donors (Lipinski definition) is 0. The Morgan fingerprint density at radius 2 is 0.621 bits per heavy atom. The summed E-state index contributed by atoms with van der Waals surface area (Å²) in [5.74, 6) is -1.90. The molecule has 0 saturated heterocycles. The Balaban J connectivity index is 1.01. The predicted molar refractivity (Wildman–Crippen MR) is 433 cm³/mol. The molecule has 21 rings (SSSR count). The molecule has 15 aromatic carbocycles. The van der Waals surface area contributed by atoms with Gasteiger partial charge < -0.3 is 13.7 Å². The number of rotatable bonds is 10. The molecular formula is C94H55N7S2. The van der Waals surface area contributed by atoms with Crippen molar-refractivity contribution < 1.29 is 41.1 Å². The molecule has 0 radical (unpaired) electrons. The van der Waals surface area contributed by atoms with Gasteiger partial charge in [-0.1, -0.05) is 254 Å². The average molecular weight is 1380 g/mol. The number of thiophene rings is 2. The van der Waals surface area contributed by atoms with Gasteiger partial charge in [0.1, 0.15) is 0 Å². The summed E-state index contributed by atoms with van der Waals surface area (Å²) in [6, 6.07) is 23.7. The van der Waals surface area contributed by atoms with Crippen LogP contribution in [0.3, 0.4) is 0 Å². The summed E-state index contributed by atoms with van der Waals surface area (Å²) >= 11 is 2.59. The second-order valence-corrected chi connectivity index (χ2v) is 26.3. The molecule has 0 N–H and O–H groups in total. The summed E-state index contributed by atoms with van der Waals surface area (Å²) < 4.78 is 280. The van der Waals surface area contributed by atoms with Crippen LogP contribution in [0.25, 0.3) is 206 Å². The number of para-hydroxylation sites is 2. The molecule has 0 amide bonds. The molecule has 0 bridgehead atoms. The molecule has 6 aromatic heterocycles. The van der Waals surface area contributed by atoms with Crippen molar-refractivity contribution in [1.82, 2.24) is 28.7 Å². The standard InChI is InChI=1S/C94H55N7S2/c1-95-76-56-75(94-97-92(61-32-16-6-17-33-61)96-93(98-94)62-34-18-7-19-35-62)87(100-79-46-40-63(57-24-8-2-9-25-57)54-73(79)85-81(100)48-44-69-71-52-65(59-28-12-4-13-29-59)42-50-83(71)102-90(69)85)89(99-77-38-22-20-36-67(77)68-37-21-23-39-78(68)99)88(76)101-80-47-41-64(58-26-10-3-11-27-58)55-74(80)86-82(101)49-45-70-72-53-66(60-30-14-5-15-31-60)43-51-84(72)103-91(70)86/h2-56H/i2D,3D,4D,5D,6D,7D,8D,9D,10D,11D,12D,13D,14D,15D,16D,17D,18D,19D,24D,25D,26D,27D,28D,29D,30D,31D,32D,33D,34D,35D. The molecule has 0 unspecified atom stereocenters. The van der Waals surface area contributed by atoms with Gasteiger partial charge in [-0.05, 0) is 123 Å². The van der Waals surface area contributed by atoms with Crippen molar-refractivity contribution in [3.8, 4) is 95.7 Å². The van der Waals surface area contributed by atoms with E-state index in [1.165, 1.54) is 28.7 Å². The van der Waals surface area contributed by atoms with Crippen LogP contribution in [0, 0.1) is 6.57 Å². The van der Waals surface area contributed by atoms with Gasteiger partial charge >= 0.3 is 0 Å². The first-order valence-electron chi connectivity index (χ1n) is 47.1. The molecule has 6 heterocycles. The third kappa shape index (κ3) is 9.22. The van der Waals surface area contributed by atoms with E-state index in [9.17, 15) is 17.5 Å². The van der Waals surface area contributed by atoms with Gasteiger partial charge in [-0.25, -0.2) is 19.8 Å². The number of fused-ring (bicyclic) bond motifs is 17. The SMILES string of the molecule is [2H]c1c([2H])c([2H])c(-c2ccc3sc4c(ccc5c4c4cc(-c6c([2H])c([2H])c([2H])c([2H])c6[2H])ccc4n5-c4c([N+]#[C-])cc(-c5nc(-c6c([2H])c([2H])c([2H])c([2H])c6[2H])nc(-c6c([2H])c([2H])c([2H])c([2H])c6[2H])n5)c(-n5c6ccc(-c7c([2H])c([2H])c([2H])c([2H])c7[2H])cc6c6c7sc8ccc(-c9c([2H])c([2H])c([2H])c([2H])c9[2H])cc8c7ccc65)c4-n4c5ccccc5c5ccccc54)c3c2)c([2H])c1[2H]. The average Bonchev–Trinajstić information content (AvgIpc) is 1.53. The van der Waals surface area contributed by atoms with Crippen LogP contribution in [0.4, 0.5) is 5.69 Å². The molecule has 0 atom stereocenters. The van der Waals surface area contributed by atoms with Crippen LogP contribution in [-0.4, -0.2) is 28.7 Å². The first-order valence-corrected chi connectivity index (χ1v) is 33.8. The van der Waals surface area contributed by atoms with E-state index in [0.717, 1.165) is 0 Å². The monoisotopic (exact) mass is 1380 g/mol. The third-order valence-electron chi connectivity index (χ3n) is 18.8. The molecular weight excluding hydrogens is 1290 g/mol. The van der Waals surface area contributed by atoms with Gasteiger partial charge in [-0.3, -0.25) is 0 Å². The summed E-state index contributed by atoms with van der Waals surface area (Å²) in [5, 5.41) is 5.01. The predicted octanol–water partition coefficient (Wildman–Crippen LogP) is 26.1. The van der Waals surface area contributed by atoms with E-state index in [2.05, 4.69) is 4.85 Å². The van der Waals surface area contributed by atoms with E-state index in [0.29, 0.717) is 94.7 Å². The molecule has 9 heteroatoms. The lowest BCUT2D eigenvalue weighted by molar-refractivity contribution is 1.04. The second-order valence-electron chi connectivity index (χ2n) is 24.2. The maximum absolute atomic E-state index is 10.0. The Morgan fingerprint density at radius 1 is 0.282 bits per heavy atom. The van der Waals surface area contributed by atoms with Crippen molar-refractivity contribution in [2.45, 2.75) is 0 Å². The number of benzene rings is 15. The number of aromatic nitrogens is 6. The van der Waals surface area contributed by atoms with Crippen molar-refractivity contribution in [2.75, 3.05) is 0 Å². The first kappa shape index (κ1) is 36.1. The zero-order valence-electron chi connectivity index (χ0n) is 82.9. The molecule has 103 heavy (non-hydrogen) atoms. The van der Waals surface area contributed by atoms with Gasteiger partial charge in [0, 0.05) is 89.4 Å². The van der Waals surface area contributed by atoms with Crippen LogP contribution in [0.15, 0.2) is 333 Å². The summed E-state index contributed by atoms with van der Waals surface area (Å²) in [4.78, 5) is 19.6. The molecule has 7 nitrogen and oxygen atoms in total. The van der Waals surface area contributed by atoms with Crippen molar-refractivity contribution in [3.05, 3.63) is 344 Å². The van der Waals surface area contributed by atoms with E-state index in [-0.39, 0.29) is 83.9 Å². The fourth-order valence-electron chi connectivity index (χ4n) is 14.5. The van der Waals surface area contributed by atoms with E-state index >= 15 is 0 Å². The minimum atomic E-state index is -0.847. The highest BCUT2D eigenvalue weighted by Gasteiger charge is 2.33. The largest absolute Gasteiger partial charge is 0.317 e. The molecule has 21 aromatic rings. The number of hydrogen-bond acceptors (Lipinski definition) is 5. The van der Waals surface area contributed by atoms with Crippen molar-refractivity contribution >= 4 is 134 Å². The van der Waals surface area contributed by atoms with Crippen LogP contribution in [-0.2, 0) is 0 Å². The molecule has 0 fully saturated rings. The van der Waals surface area contributed by atoms with Crippen LogP contribution >= 0.6 is 22.7 Å².